The number of carbonyl (C=O) groups is 1. The Bertz CT molecular complexity index is 634. The minimum atomic E-state index is -0.557. The van der Waals surface area contributed by atoms with Gasteiger partial charge in [-0.05, 0) is 30.3 Å². The van der Waals surface area contributed by atoms with E-state index in [-0.39, 0.29) is 18.0 Å². The SMILES string of the molecule is O=C(COc1cccc(F)c1)Nc1ccc(Br)cc1F. The van der Waals surface area contributed by atoms with Gasteiger partial charge < -0.3 is 10.1 Å². The Kier molecular flexibility index (Phi) is 4.68. The topological polar surface area (TPSA) is 38.3 Å². The Balaban J connectivity index is 1.92. The molecule has 0 bridgehead atoms. The van der Waals surface area contributed by atoms with E-state index in [2.05, 4.69) is 21.2 Å². The molecule has 1 N–H and O–H groups in total. The minimum Gasteiger partial charge on any atom is -0.484 e. The van der Waals surface area contributed by atoms with Crippen molar-refractivity contribution in [2.24, 2.45) is 0 Å². The summed E-state index contributed by atoms with van der Waals surface area (Å²) in [5, 5.41) is 2.37. The first-order valence-corrected chi connectivity index (χ1v) is 6.47. The van der Waals surface area contributed by atoms with Crippen LogP contribution < -0.4 is 10.1 Å². The van der Waals surface area contributed by atoms with Gasteiger partial charge in [0, 0.05) is 10.5 Å². The van der Waals surface area contributed by atoms with Gasteiger partial charge in [0.05, 0.1) is 5.69 Å². The highest BCUT2D eigenvalue weighted by molar-refractivity contribution is 9.10. The van der Waals surface area contributed by atoms with Gasteiger partial charge in [0.25, 0.3) is 5.91 Å². The Morgan fingerprint density at radius 3 is 2.70 bits per heavy atom. The zero-order valence-electron chi connectivity index (χ0n) is 10.2. The van der Waals surface area contributed by atoms with Gasteiger partial charge in [0.15, 0.2) is 6.61 Å². The van der Waals surface area contributed by atoms with Crippen LogP contribution in [-0.4, -0.2) is 12.5 Å². The number of halogens is 3. The Morgan fingerprint density at radius 2 is 2.00 bits per heavy atom. The van der Waals surface area contributed by atoms with Crippen molar-refractivity contribution < 1.29 is 18.3 Å². The molecule has 1 amide bonds. The summed E-state index contributed by atoms with van der Waals surface area (Å²) in [5.41, 5.74) is 0.0565. The van der Waals surface area contributed by atoms with E-state index in [9.17, 15) is 13.6 Å². The lowest BCUT2D eigenvalue weighted by Gasteiger charge is -2.08. The Morgan fingerprint density at radius 1 is 1.20 bits per heavy atom. The molecule has 0 heterocycles. The van der Waals surface area contributed by atoms with Crippen LogP contribution >= 0.6 is 15.9 Å². The van der Waals surface area contributed by atoms with E-state index in [4.69, 9.17) is 4.74 Å². The maximum Gasteiger partial charge on any atom is 0.262 e. The maximum absolute atomic E-state index is 13.5. The maximum atomic E-state index is 13.5. The second-order valence-corrected chi connectivity index (χ2v) is 4.83. The first-order valence-electron chi connectivity index (χ1n) is 5.68. The van der Waals surface area contributed by atoms with Crippen molar-refractivity contribution in [3.05, 3.63) is 58.6 Å². The molecule has 2 rings (SSSR count). The fourth-order valence-corrected chi connectivity index (χ4v) is 1.82. The van der Waals surface area contributed by atoms with Gasteiger partial charge in [-0.15, -0.1) is 0 Å². The molecular weight excluding hydrogens is 332 g/mol. The van der Waals surface area contributed by atoms with Crippen LogP contribution in [0.25, 0.3) is 0 Å². The van der Waals surface area contributed by atoms with E-state index in [1.807, 2.05) is 0 Å². The first kappa shape index (κ1) is 14.5. The number of amides is 1. The van der Waals surface area contributed by atoms with Crippen molar-refractivity contribution in [2.45, 2.75) is 0 Å². The van der Waals surface area contributed by atoms with Crippen LogP contribution in [0.15, 0.2) is 46.9 Å². The van der Waals surface area contributed by atoms with Gasteiger partial charge >= 0.3 is 0 Å². The van der Waals surface area contributed by atoms with Gasteiger partial charge in [-0.25, -0.2) is 8.78 Å². The molecule has 0 atom stereocenters. The molecule has 0 radical (unpaired) electrons. The first-order chi connectivity index (χ1) is 9.54. The number of ether oxygens (including phenoxy) is 1. The number of anilines is 1. The normalized spacial score (nSPS) is 10.2. The lowest BCUT2D eigenvalue weighted by Crippen LogP contribution is -2.20. The largest absolute Gasteiger partial charge is 0.484 e. The van der Waals surface area contributed by atoms with Crippen molar-refractivity contribution >= 4 is 27.5 Å². The third-order valence-electron chi connectivity index (χ3n) is 2.37. The van der Waals surface area contributed by atoms with Gasteiger partial charge in [0.1, 0.15) is 17.4 Å². The lowest BCUT2D eigenvalue weighted by molar-refractivity contribution is -0.118. The van der Waals surface area contributed by atoms with Gasteiger partial charge in [-0.2, -0.15) is 0 Å². The molecule has 0 saturated heterocycles. The number of hydrogen-bond donors (Lipinski definition) is 1. The summed E-state index contributed by atoms with van der Waals surface area (Å²) >= 11 is 3.12. The van der Waals surface area contributed by atoms with Crippen molar-refractivity contribution in [3.8, 4) is 5.75 Å². The summed E-state index contributed by atoms with van der Waals surface area (Å²) in [7, 11) is 0. The molecule has 3 nitrogen and oxygen atoms in total. The highest BCUT2D eigenvalue weighted by atomic mass is 79.9. The molecule has 20 heavy (non-hydrogen) atoms. The summed E-state index contributed by atoms with van der Waals surface area (Å²) in [5.74, 6) is -1.31. The average Bonchev–Trinajstić information content (AvgIpc) is 2.40. The lowest BCUT2D eigenvalue weighted by atomic mass is 10.3. The number of carbonyl (C=O) groups excluding carboxylic acids is 1. The molecule has 6 heteroatoms. The zero-order chi connectivity index (χ0) is 14.5. The Hall–Kier alpha value is -1.95. The predicted octanol–water partition coefficient (Wildman–Crippen LogP) is 3.74. The Labute approximate surface area is 122 Å². The van der Waals surface area contributed by atoms with E-state index in [1.54, 1.807) is 6.07 Å². The third-order valence-corrected chi connectivity index (χ3v) is 2.86. The molecule has 0 fully saturated rings. The van der Waals surface area contributed by atoms with Crippen LogP contribution in [-0.2, 0) is 4.79 Å². The zero-order valence-corrected chi connectivity index (χ0v) is 11.8. The summed E-state index contributed by atoms with van der Waals surface area (Å²) in [6, 6.07) is 9.69. The minimum absolute atomic E-state index is 0.0565. The molecule has 0 aliphatic heterocycles. The molecule has 104 valence electrons. The fourth-order valence-electron chi connectivity index (χ4n) is 1.48. The van der Waals surface area contributed by atoms with Gasteiger partial charge in [-0.1, -0.05) is 22.0 Å². The van der Waals surface area contributed by atoms with Crippen LogP contribution in [0.4, 0.5) is 14.5 Å². The quantitative estimate of drug-likeness (QED) is 0.919. The van der Waals surface area contributed by atoms with Crippen molar-refractivity contribution in [3.63, 3.8) is 0 Å². The molecule has 0 aliphatic carbocycles. The molecule has 2 aromatic rings. The van der Waals surface area contributed by atoms with Crippen LogP contribution in [0.1, 0.15) is 0 Å². The smallest absolute Gasteiger partial charge is 0.262 e. The molecular formula is C14H10BrF2NO2. The van der Waals surface area contributed by atoms with E-state index in [0.717, 1.165) is 6.07 Å². The van der Waals surface area contributed by atoms with E-state index < -0.39 is 17.5 Å². The predicted molar refractivity (Wildman–Crippen MR) is 74.6 cm³/mol. The average molecular weight is 342 g/mol. The fraction of sp³-hybridized carbons (Fsp3) is 0.0714. The van der Waals surface area contributed by atoms with Crippen molar-refractivity contribution in [2.75, 3.05) is 11.9 Å². The standard InChI is InChI=1S/C14H10BrF2NO2/c15-9-4-5-13(12(17)6-9)18-14(19)8-20-11-3-1-2-10(16)7-11/h1-7H,8H2,(H,18,19). The molecule has 0 saturated carbocycles. The van der Waals surface area contributed by atoms with E-state index in [1.165, 1.54) is 30.3 Å². The van der Waals surface area contributed by atoms with Crippen molar-refractivity contribution in [1.82, 2.24) is 0 Å². The number of rotatable bonds is 4. The monoisotopic (exact) mass is 341 g/mol. The molecule has 0 unspecified atom stereocenters. The highest BCUT2D eigenvalue weighted by Gasteiger charge is 2.08. The molecule has 0 aliphatic rings. The molecule has 0 spiro atoms. The highest BCUT2D eigenvalue weighted by Crippen LogP contribution is 2.19. The summed E-state index contributed by atoms with van der Waals surface area (Å²) in [6.45, 7) is -0.334. The summed E-state index contributed by atoms with van der Waals surface area (Å²) in [4.78, 5) is 11.6. The van der Waals surface area contributed by atoms with Crippen LogP contribution in [0, 0.1) is 11.6 Å². The van der Waals surface area contributed by atoms with Crippen LogP contribution in [0.2, 0.25) is 0 Å². The van der Waals surface area contributed by atoms with E-state index in [0.29, 0.717) is 4.47 Å². The number of benzene rings is 2. The number of nitrogens with one attached hydrogen (secondary N) is 1. The van der Waals surface area contributed by atoms with Gasteiger partial charge in [0.2, 0.25) is 0 Å². The van der Waals surface area contributed by atoms with E-state index >= 15 is 0 Å². The number of hydrogen-bond acceptors (Lipinski definition) is 2. The van der Waals surface area contributed by atoms with Crippen molar-refractivity contribution in [1.29, 1.82) is 0 Å². The second kappa shape index (κ2) is 6.47. The summed E-state index contributed by atoms with van der Waals surface area (Å²) < 4.78 is 32.1. The summed E-state index contributed by atoms with van der Waals surface area (Å²) in [6.07, 6.45) is 0. The van der Waals surface area contributed by atoms with Crippen LogP contribution in [0.3, 0.4) is 0 Å². The second-order valence-electron chi connectivity index (χ2n) is 3.92. The molecule has 2 aromatic carbocycles. The molecule has 0 aromatic heterocycles. The van der Waals surface area contributed by atoms with Crippen LogP contribution in [0.5, 0.6) is 5.75 Å². The van der Waals surface area contributed by atoms with Gasteiger partial charge in [-0.3, -0.25) is 4.79 Å². The third kappa shape index (κ3) is 4.03.